The van der Waals surface area contributed by atoms with Gasteiger partial charge in [0.25, 0.3) is 0 Å². The number of carbonyl (C=O) groups is 1. The molecule has 12 nitrogen and oxygen atoms in total. The summed E-state index contributed by atoms with van der Waals surface area (Å²) in [6.07, 6.45) is 10.1. The summed E-state index contributed by atoms with van der Waals surface area (Å²) in [7, 11) is -1.14. The molecule has 6 rings (SSSR count). The second kappa shape index (κ2) is 13.9. The molecule has 2 fully saturated rings. The zero-order valence-corrected chi connectivity index (χ0v) is 29.2. The number of fused-ring (bicyclic) bond motifs is 1. The lowest BCUT2D eigenvalue weighted by Crippen LogP contribution is -2.47. The highest BCUT2D eigenvalue weighted by Gasteiger charge is 2.31. The first-order chi connectivity index (χ1) is 22.7. The number of hydrogen-bond donors (Lipinski definition) is 2. The van der Waals surface area contributed by atoms with Gasteiger partial charge in [0.1, 0.15) is 24.2 Å². The van der Waals surface area contributed by atoms with Gasteiger partial charge in [0.2, 0.25) is 5.95 Å². The fourth-order valence-electron chi connectivity index (χ4n) is 6.19. The van der Waals surface area contributed by atoms with Crippen molar-refractivity contribution in [1.29, 1.82) is 0 Å². The normalized spacial score (nSPS) is 16.0. The highest BCUT2D eigenvalue weighted by molar-refractivity contribution is 9.10. The van der Waals surface area contributed by atoms with Crippen LogP contribution in [0.5, 0.6) is 5.75 Å². The van der Waals surface area contributed by atoms with E-state index in [0.29, 0.717) is 56.3 Å². The molecule has 2 aromatic carbocycles. The number of benzene rings is 2. The van der Waals surface area contributed by atoms with Crippen molar-refractivity contribution >= 4 is 80.4 Å². The molecule has 4 aromatic rings. The molecular formula is C33H38BrN8O4P. The number of anilines is 5. The molecule has 246 valence electrons. The first-order valence-electron chi connectivity index (χ1n) is 15.5. The molecule has 2 aliphatic rings. The molecule has 0 aliphatic carbocycles. The molecule has 0 saturated carbocycles. The van der Waals surface area contributed by atoms with E-state index in [1.807, 2.05) is 35.2 Å². The van der Waals surface area contributed by atoms with Gasteiger partial charge in [-0.15, -0.1) is 0 Å². The summed E-state index contributed by atoms with van der Waals surface area (Å²) in [6.45, 7) is 10.3. The van der Waals surface area contributed by atoms with E-state index in [-0.39, 0.29) is 12.1 Å². The Kier molecular flexibility index (Phi) is 9.65. The molecule has 0 radical (unpaired) electrons. The third kappa shape index (κ3) is 7.06. The molecule has 0 unspecified atom stereocenters. The van der Waals surface area contributed by atoms with E-state index in [2.05, 4.69) is 53.0 Å². The highest BCUT2D eigenvalue weighted by atomic mass is 79.9. The number of carbonyl (C=O) groups excluding carboxylic acids is 1. The van der Waals surface area contributed by atoms with Crippen LogP contribution >= 0.6 is 23.1 Å². The maximum atomic E-state index is 13.4. The van der Waals surface area contributed by atoms with E-state index in [9.17, 15) is 9.36 Å². The van der Waals surface area contributed by atoms with E-state index in [4.69, 9.17) is 14.5 Å². The fraction of sp³-hybridized carbons (Fsp3) is 0.364. The van der Waals surface area contributed by atoms with Crippen LogP contribution in [0.1, 0.15) is 31.2 Å². The number of hydrogen-bond acceptors (Lipinski definition) is 11. The minimum Gasteiger partial charge on any atom is -0.494 e. The van der Waals surface area contributed by atoms with E-state index in [1.165, 1.54) is 0 Å². The number of nitrogens with zero attached hydrogens (tertiary/aromatic N) is 6. The first kappa shape index (κ1) is 32.7. The Bertz CT molecular complexity index is 1860. The average Bonchev–Trinajstić information content (AvgIpc) is 3.29. The molecular weight excluding hydrogens is 683 g/mol. The minimum absolute atomic E-state index is 0.171. The SMILES string of the molecule is C=Cc1cc(Nc2ncc(Br)c(Nc3ccc4nccnc4c3P(C)(C)=O)n2)c(OC)cc1N1CCC(N2CCCCOC2=O)CC1. The molecule has 14 heteroatoms. The highest BCUT2D eigenvalue weighted by Crippen LogP contribution is 2.42. The Morgan fingerprint density at radius 1 is 1.06 bits per heavy atom. The quantitative estimate of drug-likeness (QED) is 0.177. The first-order valence-corrected chi connectivity index (χ1v) is 18.9. The predicted molar refractivity (Wildman–Crippen MR) is 191 cm³/mol. The lowest BCUT2D eigenvalue weighted by atomic mass is 10.0. The molecule has 2 N–H and O–H groups in total. The summed E-state index contributed by atoms with van der Waals surface area (Å²) in [5.41, 5.74) is 4.50. The number of cyclic esters (lactones) is 1. The van der Waals surface area contributed by atoms with Crippen LogP contribution in [-0.2, 0) is 9.30 Å². The number of ether oxygens (including phenoxy) is 2. The topological polar surface area (TPSA) is 135 Å². The number of rotatable bonds is 9. The molecule has 2 aromatic heterocycles. The van der Waals surface area contributed by atoms with E-state index >= 15 is 0 Å². The van der Waals surface area contributed by atoms with Crippen molar-refractivity contribution in [2.75, 3.05) is 62.2 Å². The molecule has 0 atom stereocenters. The maximum absolute atomic E-state index is 13.4. The van der Waals surface area contributed by atoms with Gasteiger partial charge in [-0.05, 0) is 78.7 Å². The van der Waals surface area contributed by atoms with Gasteiger partial charge in [-0.2, -0.15) is 4.98 Å². The smallest absolute Gasteiger partial charge is 0.410 e. The van der Waals surface area contributed by atoms with Gasteiger partial charge in [0.05, 0.1) is 40.4 Å². The number of halogens is 1. The van der Waals surface area contributed by atoms with Crippen molar-refractivity contribution in [1.82, 2.24) is 24.8 Å². The molecule has 0 spiro atoms. The third-order valence-corrected chi connectivity index (χ3v) is 10.6. The predicted octanol–water partition coefficient (Wildman–Crippen LogP) is 6.77. The van der Waals surface area contributed by atoms with Gasteiger partial charge >= 0.3 is 6.09 Å². The third-order valence-electron chi connectivity index (χ3n) is 8.46. The summed E-state index contributed by atoms with van der Waals surface area (Å²) in [5, 5.41) is 7.25. The van der Waals surface area contributed by atoms with Crippen molar-refractivity contribution < 1.29 is 18.8 Å². The van der Waals surface area contributed by atoms with E-state index < -0.39 is 7.14 Å². The maximum Gasteiger partial charge on any atom is 0.410 e. The van der Waals surface area contributed by atoms with E-state index in [1.54, 1.807) is 39.0 Å². The molecule has 47 heavy (non-hydrogen) atoms. The van der Waals surface area contributed by atoms with Crippen LogP contribution < -0.4 is 25.6 Å². The number of aromatic nitrogens is 4. The van der Waals surface area contributed by atoms with Crippen LogP contribution in [0.15, 0.2) is 53.9 Å². The Morgan fingerprint density at radius 2 is 1.85 bits per heavy atom. The summed E-state index contributed by atoms with van der Waals surface area (Å²) in [5.74, 6) is 1.44. The Hall–Kier alpha value is -4.22. The summed E-state index contributed by atoms with van der Waals surface area (Å²) < 4.78 is 25.2. The van der Waals surface area contributed by atoms with Crippen molar-refractivity contribution in [2.24, 2.45) is 0 Å². The Morgan fingerprint density at radius 3 is 2.60 bits per heavy atom. The number of methoxy groups -OCH3 is 1. The van der Waals surface area contributed by atoms with Crippen LogP contribution in [0.3, 0.4) is 0 Å². The van der Waals surface area contributed by atoms with Crippen LogP contribution in [0.2, 0.25) is 0 Å². The summed E-state index contributed by atoms with van der Waals surface area (Å²) >= 11 is 3.55. The molecule has 4 heterocycles. The van der Waals surface area contributed by atoms with Crippen LogP contribution in [0, 0.1) is 0 Å². The average molecular weight is 722 g/mol. The van der Waals surface area contributed by atoms with E-state index in [0.717, 1.165) is 56.6 Å². The number of nitrogens with one attached hydrogen (secondary N) is 2. The zero-order valence-electron chi connectivity index (χ0n) is 26.7. The van der Waals surface area contributed by atoms with Crippen LogP contribution in [0.4, 0.5) is 33.6 Å². The van der Waals surface area contributed by atoms with Gasteiger partial charge in [-0.3, -0.25) is 9.97 Å². The second-order valence-electron chi connectivity index (χ2n) is 11.9. The van der Waals surface area contributed by atoms with Crippen molar-refractivity contribution in [3.8, 4) is 5.75 Å². The lowest BCUT2D eigenvalue weighted by molar-refractivity contribution is 0.0946. The number of amides is 1. The fourth-order valence-corrected chi connectivity index (χ4v) is 7.87. The monoisotopic (exact) mass is 720 g/mol. The second-order valence-corrected chi connectivity index (χ2v) is 15.9. The molecule has 1 amide bonds. The van der Waals surface area contributed by atoms with Crippen molar-refractivity contribution in [2.45, 2.75) is 31.7 Å². The summed E-state index contributed by atoms with van der Waals surface area (Å²) in [6, 6.07) is 7.83. The standard InChI is InChI=1S/C33H38BrN8O4P/c1-5-21-18-26(28(45-2)19-27(21)41-15-10-22(11-16-41)42-14-6-7-17-46-33(42)43)39-32-37-20-23(34)31(40-32)38-25-9-8-24-29(36-13-12-35-24)30(25)47(3,4)44/h5,8-9,12-13,18-20,22H,1,6-7,10-11,14-17H2,2-4H3,(H2,37,38,39,40). The van der Waals surface area contributed by atoms with Crippen LogP contribution in [-0.4, -0.2) is 83.7 Å². The van der Waals surface area contributed by atoms with Crippen LogP contribution in [0.25, 0.3) is 17.1 Å². The van der Waals surface area contributed by atoms with Gasteiger partial charge in [-0.1, -0.05) is 12.7 Å². The van der Waals surface area contributed by atoms with Gasteiger partial charge in [0, 0.05) is 56.0 Å². The Balaban J connectivity index is 1.23. The molecule has 2 aliphatic heterocycles. The lowest BCUT2D eigenvalue weighted by Gasteiger charge is -2.39. The molecule has 2 saturated heterocycles. The zero-order chi connectivity index (χ0) is 33.1. The van der Waals surface area contributed by atoms with Gasteiger partial charge in [-0.25, -0.2) is 9.78 Å². The summed E-state index contributed by atoms with van der Waals surface area (Å²) in [4.78, 5) is 34.8. The molecule has 0 bridgehead atoms. The minimum atomic E-state index is -2.76. The Labute approximate surface area is 282 Å². The largest absolute Gasteiger partial charge is 0.494 e. The number of piperidine rings is 1. The van der Waals surface area contributed by atoms with Crippen molar-refractivity contribution in [3.63, 3.8) is 0 Å². The van der Waals surface area contributed by atoms with Gasteiger partial charge < -0.3 is 34.5 Å². The van der Waals surface area contributed by atoms with Gasteiger partial charge in [0.15, 0.2) is 0 Å². The van der Waals surface area contributed by atoms with Crippen molar-refractivity contribution in [3.05, 3.63) is 59.5 Å².